The fourth-order valence-electron chi connectivity index (χ4n) is 0.557. The highest BCUT2D eigenvalue weighted by Gasteiger charge is 1.84. The summed E-state index contributed by atoms with van der Waals surface area (Å²) in [4.78, 5) is 2.80. The number of hydrogen-bond donors (Lipinski definition) is 0. The van der Waals surface area contributed by atoms with Gasteiger partial charge in [-0.05, 0) is 39.8 Å². The van der Waals surface area contributed by atoms with Gasteiger partial charge in [0.15, 0.2) is 0 Å². The Morgan fingerprint density at radius 2 is 1.36 bits per heavy atom. The van der Waals surface area contributed by atoms with E-state index >= 15 is 0 Å². The first-order chi connectivity index (χ1) is 5.20. The first-order valence-corrected chi connectivity index (χ1v) is 4.39. The average molecular weight is 166 g/mol. The van der Waals surface area contributed by atoms with E-state index in [9.17, 15) is 0 Å². The molecule has 0 atom stereocenters. The molecule has 0 aliphatic carbocycles. The van der Waals surface area contributed by atoms with Crippen molar-refractivity contribution < 1.29 is 0 Å². The quantitative estimate of drug-likeness (QED) is 0.518. The van der Waals surface area contributed by atoms with Gasteiger partial charge in [-0.1, -0.05) is 0 Å². The summed E-state index contributed by atoms with van der Waals surface area (Å²) in [5.41, 5.74) is 0. The smallest absolute Gasteiger partial charge is 0.00170 e. The van der Waals surface area contributed by atoms with Crippen LogP contribution in [0.15, 0.2) is 12.1 Å². The third kappa shape index (κ3) is 5.69. The predicted molar refractivity (Wildman–Crippen MR) is 52.9 cm³/mol. The Labute approximate surface area is 73.3 Å². The number of thiophene rings is 1. The lowest BCUT2D eigenvalue weighted by Gasteiger charge is -1.71. The standard InChI is InChI=1S/C6H8S.C4H6/c1-5-3-4-6(2)7-5;1-3-4-2/h3-4H,1-2H3;1-2H3. The van der Waals surface area contributed by atoms with Crippen LogP contribution in [0, 0.1) is 25.7 Å². The van der Waals surface area contributed by atoms with Gasteiger partial charge in [-0.25, -0.2) is 0 Å². The van der Waals surface area contributed by atoms with Crippen molar-refractivity contribution >= 4 is 11.3 Å². The first kappa shape index (κ1) is 10.3. The Bertz CT molecular complexity index is 225. The average Bonchev–Trinajstić information content (AvgIpc) is 2.35. The van der Waals surface area contributed by atoms with Gasteiger partial charge >= 0.3 is 0 Å². The Hall–Kier alpha value is -0.740. The van der Waals surface area contributed by atoms with Gasteiger partial charge in [-0.3, -0.25) is 0 Å². The van der Waals surface area contributed by atoms with Gasteiger partial charge in [-0.15, -0.1) is 23.2 Å². The molecule has 1 aromatic rings. The first-order valence-electron chi connectivity index (χ1n) is 3.57. The van der Waals surface area contributed by atoms with Crippen molar-refractivity contribution in [3.63, 3.8) is 0 Å². The third-order valence-electron chi connectivity index (χ3n) is 1.12. The number of rotatable bonds is 0. The molecule has 0 N–H and O–H groups in total. The van der Waals surface area contributed by atoms with E-state index in [-0.39, 0.29) is 0 Å². The molecule has 0 nitrogen and oxygen atoms in total. The molecule has 0 amide bonds. The molecule has 11 heavy (non-hydrogen) atoms. The van der Waals surface area contributed by atoms with E-state index in [0.29, 0.717) is 0 Å². The second-order valence-corrected chi connectivity index (χ2v) is 3.65. The molecule has 0 aromatic carbocycles. The maximum atomic E-state index is 2.68. The molecule has 0 radical (unpaired) electrons. The van der Waals surface area contributed by atoms with Crippen LogP contribution in [0.5, 0.6) is 0 Å². The van der Waals surface area contributed by atoms with Crippen LogP contribution in [0.3, 0.4) is 0 Å². The molecule has 0 saturated heterocycles. The van der Waals surface area contributed by atoms with Crippen LogP contribution in [0.2, 0.25) is 0 Å². The molecule has 0 spiro atoms. The molecular formula is C10H14S. The zero-order chi connectivity index (χ0) is 8.69. The topological polar surface area (TPSA) is 0 Å². The van der Waals surface area contributed by atoms with Gasteiger partial charge in [0.05, 0.1) is 0 Å². The van der Waals surface area contributed by atoms with Gasteiger partial charge in [0.25, 0.3) is 0 Å². The molecule has 1 aromatic heterocycles. The van der Waals surface area contributed by atoms with Gasteiger partial charge in [0.2, 0.25) is 0 Å². The van der Waals surface area contributed by atoms with Gasteiger partial charge in [-0.2, -0.15) is 0 Å². The van der Waals surface area contributed by atoms with Crippen molar-refractivity contribution in [1.82, 2.24) is 0 Å². The molecule has 0 aliphatic rings. The Kier molecular flexibility index (Phi) is 5.60. The van der Waals surface area contributed by atoms with Crippen molar-refractivity contribution in [2.45, 2.75) is 27.7 Å². The minimum atomic E-state index is 1.40. The normalized spacial score (nSPS) is 7.27. The van der Waals surface area contributed by atoms with Crippen molar-refractivity contribution in [2.24, 2.45) is 0 Å². The Balaban J connectivity index is 0.000000218. The SMILES string of the molecule is CC#CC.Cc1ccc(C)s1. The molecule has 1 heterocycles. The number of hydrogen-bond acceptors (Lipinski definition) is 1. The van der Waals surface area contributed by atoms with E-state index in [1.54, 1.807) is 0 Å². The van der Waals surface area contributed by atoms with Crippen molar-refractivity contribution in [3.8, 4) is 11.8 Å². The summed E-state index contributed by atoms with van der Waals surface area (Å²) in [5, 5.41) is 0. The minimum Gasteiger partial charge on any atom is -0.146 e. The molecular weight excluding hydrogens is 152 g/mol. The van der Waals surface area contributed by atoms with E-state index in [1.807, 2.05) is 25.2 Å². The summed E-state index contributed by atoms with van der Waals surface area (Å²) in [6, 6.07) is 4.28. The lowest BCUT2D eigenvalue weighted by Crippen LogP contribution is -1.44. The van der Waals surface area contributed by atoms with Gasteiger partial charge in [0, 0.05) is 9.75 Å². The molecule has 0 fully saturated rings. The fraction of sp³-hybridized carbons (Fsp3) is 0.400. The van der Waals surface area contributed by atoms with E-state index < -0.39 is 0 Å². The third-order valence-corrected chi connectivity index (χ3v) is 2.04. The second-order valence-electron chi connectivity index (χ2n) is 2.16. The van der Waals surface area contributed by atoms with Crippen LogP contribution >= 0.6 is 11.3 Å². The van der Waals surface area contributed by atoms with Crippen LogP contribution in [0.4, 0.5) is 0 Å². The zero-order valence-corrected chi connectivity index (χ0v) is 8.38. The predicted octanol–water partition coefficient (Wildman–Crippen LogP) is 3.39. The Morgan fingerprint density at radius 3 is 1.45 bits per heavy atom. The zero-order valence-electron chi connectivity index (χ0n) is 7.56. The van der Waals surface area contributed by atoms with Gasteiger partial charge in [0.1, 0.15) is 0 Å². The van der Waals surface area contributed by atoms with Crippen LogP contribution in [-0.4, -0.2) is 0 Å². The van der Waals surface area contributed by atoms with Crippen molar-refractivity contribution in [1.29, 1.82) is 0 Å². The van der Waals surface area contributed by atoms with Crippen LogP contribution in [0.25, 0.3) is 0 Å². The maximum absolute atomic E-state index is 2.68. The maximum Gasteiger partial charge on any atom is 0.00170 e. The highest BCUT2D eigenvalue weighted by molar-refractivity contribution is 7.11. The molecule has 0 aliphatic heterocycles. The highest BCUT2D eigenvalue weighted by atomic mass is 32.1. The largest absolute Gasteiger partial charge is 0.146 e. The minimum absolute atomic E-state index is 1.40. The lowest BCUT2D eigenvalue weighted by molar-refractivity contribution is 1.61. The van der Waals surface area contributed by atoms with E-state index in [2.05, 4.69) is 37.8 Å². The molecule has 0 bridgehead atoms. The van der Waals surface area contributed by atoms with E-state index in [0.717, 1.165) is 0 Å². The van der Waals surface area contributed by atoms with Crippen molar-refractivity contribution in [3.05, 3.63) is 21.9 Å². The van der Waals surface area contributed by atoms with Crippen LogP contribution < -0.4 is 0 Å². The summed E-state index contributed by atoms with van der Waals surface area (Å²) < 4.78 is 0. The summed E-state index contributed by atoms with van der Waals surface area (Å²) in [6.45, 7) is 7.88. The number of aryl methyl sites for hydroxylation is 2. The summed E-state index contributed by atoms with van der Waals surface area (Å²) in [5.74, 6) is 5.36. The van der Waals surface area contributed by atoms with Crippen molar-refractivity contribution in [2.75, 3.05) is 0 Å². The second kappa shape index (κ2) is 6.00. The molecule has 0 saturated carbocycles. The van der Waals surface area contributed by atoms with Crippen LogP contribution in [0.1, 0.15) is 23.6 Å². The Morgan fingerprint density at radius 1 is 1.00 bits per heavy atom. The van der Waals surface area contributed by atoms with E-state index in [1.165, 1.54) is 9.75 Å². The molecule has 1 rings (SSSR count). The fourth-order valence-corrected chi connectivity index (χ4v) is 1.34. The molecule has 1 heteroatoms. The van der Waals surface area contributed by atoms with E-state index in [4.69, 9.17) is 0 Å². The molecule has 60 valence electrons. The summed E-state index contributed by atoms with van der Waals surface area (Å²) in [6.07, 6.45) is 0. The van der Waals surface area contributed by atoms with Gasteiger partial charge < -0.3 is 0 Å². The summed E-state index contributed by atoms with van der Waals surface area (Å²) in [7, 11) is 0. The lowest BCUT2D eigenvalue weighted by atomic mass is 10.5. The van der Waals surface area contributed by atoms with Crippen LogP contribution in [-0.2, 0) is 0 Å². The molecule has 0 unspecified atom stereocenters. The monoisotopic (exact) mass is 166 g/mol. The highest BCUT2D eigenvalue weighted by Crippen LogP contribution is 2.11. The summed E-state index contributed by atoms with van der Waals surface area (Å²) >= 11 is 1.84.